The summed E-state index contributed by atoms with van der Waals surface area (Å²) in [6, 6.07) is 8.08. The van der Waals surface area contributed by atoms with Gasteiger partial charge in [-0.15, -0.1) is 0 Å². The van der Waals surface area contributed by atoms with Crippen LogP contribution in [0.25, 0.3) is 0 Å². The first-order valence-electron chi connectivity index (χ1n) is 8.46. The fourth-order valence-electron chi connectivity index (χ4n) is 3.05. The minimum Gasteiger partial charge on any atom is -0.495 e. The fourth-order valence-corrected chi connectivity index (χ4v) is 3.05. The zero-order valence-corrected chi connectivity index (χ0v) is 14.4. The summed E-state index contributed by atoms with van der Waals surface area (Å²) in [5.74, 6) is 1.37. The molecule has 0 unspecified atom stereocenters. The molecular weight excluding hydrogens is 292 g/mol. The molecule has 0 saturated carbocycles. The van der Waals surface area contributed by atoms with Gasteiger partial charge in [-0.05, 0) is 37.8 Å². The standard InChI is InChI=1S/C18H28N2O3/c1-4-16(23-5-2)18(21)19-12-14-10-11-20(13-14)15-8-6-7-9-17(15)22-3/h6-9,14,16H,4-5,10-13H2,1-3H3,(H,19,21)/t14-,16+/m1/s1. The molecule has 2 rings (SSSR count). The van der Waals surface area contributed by atoms with Crippen molar-refractivity contribution in [2.24, 2.45) is 5.92 Å². The lowest BCUT2D eigenvalue weighted by molar-refractivity contribution is -0.132. The second kappa shape index (κ2) is 8.77. The Balaban J connectivity index is 1.85. The second-order valence-corrected chi connectivity index (χ2v) is 5.87. The number of anilines is 1. The van der Waals surface area contributed by atoms with Crippen LogP contribution < -0.4 is 15.0 Å². The summed E-state index contributed by atoms with van der Waals surface area (Å²) < 4.78 is 10.9. The summed E-state index contributed by atoms with van der Waals surface area (Å²) >= 11 is 0. The molecule has 1 amide bonds. The molecule has 1 aromatic carbocycles. The molecule has 5 heteroatoms. The molecule has 1 fully saturated rings. The number of hydrogen-bond acceptors (Lipinski definition) is 4. The Kier molecular flexibility index (Phi) is 6.71. The lowest BCUT2D eigenvalue weighted by Crippen LogP contribution is -2.39. The molecule has 0 aromatic heterocycles. The Morgan fingerprint density at radius 1 is 1.39 bits per heavy atom. The SMILES string of the molecule is CCO[C@@H](CC)C(=O)NC[C@H]1CCN(c2ccccc2OC)C1. The van der Waals surface area contributed by atoms with Crippen molar-refractivity contribution in [3.63, 3.8) is 0 Å². The van der Waals surface area contributed by atoms with Gasteiger partial charge in [-0.2, -0.15) is 0 Å². The molecule has 5 nitrogen and oxygen atoms in total. The van der Waals surface area contributed by atoms with Gasteiger partial charge in [0.2, 0.25) is 5.91 Å². The molecule has 0 radical (unpaired) electrons. The van der Waals surface area contributed by atoms with Crippen molar-refractivity contribution in [1.29, 1.82) is 0 Å². The Hall–Kier alpha value is -1.75. The quantitative estimate of drug-likeness (QED) is 0.799. The number of benzene rings is 1. The number of carbonyl (C=O) groups is 1. The molecule has 1 saturated heterocycles. The van der Waals surface area contributed by atoms with Crippen LogP contribution in [-0.2, 0) is 9.53 Å². The highest BCUT2D eigenvalue weighted by Gasteiger charge is 2.25. The van der Waals surface area contributed by atoms with Gasteiger partial charge in [-0.3, -0.25) is 4.79 Å². The average Bonchev–Trinajstić information content (AvgIpc) is 3.06. The van der Waals surface area contributed by atoms with E-state index in [1.54, 1.807) is 7.11 Å². The molecule has 1 aliphatic rings. The summed E-state index contributed by atoms with van der Waals surface area (Å²) in [4.78, 5) is 14.4. The maximum atomic E-state index is 12.1. The maximum absolute atomic E-state index is 12.1. The summed E-state index contributed by atoms with van der Waals surface area (Å²) in [7, 11) is 1.70. The summed E-state index contributed by atoms with van der Waals surface area (Å²) in [6.07, 6.45) is 1.45. The molecule has 1 heterocycles. The second-order valence-electron chi connectivity index (χ2n) is 5.87. The minimum atomic E-state index is -0.327. The molecule has 0 aliphatic carbocycles. The van der Waals surface area contributed by atoms with Crippen LogP contribution in [0.5, 0.6) is 5.75 Å². The Morgan fingerprint density at radius 3 is 2.87 bits per heavy atom. The van der Waals surface area contributed by atoms with Crippen LogP contribution in [0.3, 0.4) is 0 Å². The monoisotopic (exact) mass is 320 g/mol. The summed E-state index contributed by atoms with van der Waals surface area (Å²) in [5.41, 5.74) is 1.13. The van der Waals surface area contributed by atoms with E-state index in [0.717, 1.165) is 30.9 Å². The van der Waals surface area contributed by atoms with Gasteiger partial charge in [-0.1, -0.05) is 19.1 Å². The molecule has 1 N–H and O–H groups in total. The maximum Gasteiger partial charge on any atom is 0.249 e. The van der Waals surface area contributed by atoms with E-state index in [9.17, 15) is 4.79 Å². The number of nitrogens with one attached hydrogen (secondary N) is 1. The fraction of sp³-hybridized carbons (Fsp3) is 0.611. The van der Waals surface area contributed by atoms with Crippen molar-refractivity contribution in [3.8, 4) is 5.75 Å². The lowest BCUT2D eigenvalue weighted by atomic mass is 10.1. The molecule has 1 aliphatic heterocycles. The van der Waals surface area contributed by atoms with Gasteiger partial charge in [0, 0.05) is 26.2 Å². The smallest absolute Gasteiger partial charge is 0.249 e. The number of ether oxygens (including phenoxy) is 2. The van der Waals surface area contributed by atoms with Crippen molar-refractivity contribution in [2.75, 3.05) is 38.3 Å². The minimum absolute atomic E-state index is 0.00471. The van der Waals surface area contributed by atoms with Crippen LogP contribution in [-0.4, -0.2) is 45.4 Å². The van der Waals surface area contributed by atoms with E-state index in [1.165, 1.54) is 0 Å². The Labute approximate surface area is 139 Å². The molecule has 0 bridgehead atoms. The van der Waals surface area contributed by atoms with Crippen molar-refractivity contribution in [1.82, 2.24) is 5.32 Å². The largest absolute Gasteiger partial charge is 0.495 e. The number of nitrogens with zero attached hydrogens (tertiary/aromatic N) is 1. The van der Waals surface area contributed by atoms with Crippen LogP contribution in [0, 0.1) is 5.92 Å². The Bertz CT molecular complexity index is 507. The highest BCUT2D eigenvalue weighted by molar-refractivity contribution is 5.80. The van der Waals surface area contributed by atoms with Gasteiger partial charge in [0.25, 0.3) is 0 Å². The number of hydrogen-bond donors (Lipinski definition) is 1. The van der Waals surface area contributed by atoms with Crippen molar-refractivity contribution < 1.29 is 14.3 Å². The van der Waals surface area contributed by atoms with E-state index in [-0.39, 0.29) is 12.0 Å². The predicted molar refractivity (Wildman–Crippen MR) is 92.0 cm³/mol. The van der Waals surface area contributed by atoms with Crippen LogP contribution in [0.1, 0.15) is 26.7 Å². The zero-order valence-electron chi connectivity index (χ0n) is 14.4. The summed E-state index contributed by atoms with van der Waals surface area (Å²) in [6.45, 7) is 7.08. The third-order valence-electron chi connectivity index (χ3n) is 4.31. The normalized spacial score (nSPS) is 18.7. The van der Waals surface area contributed by atoms with Gasteiger partial charge in [0.15, 0.2) is 0 Å². The van der Waals surface area contributed by atoms with Gasteiger partial charge >= 0.3 is 0 Å². The first-order chi connectivity index (χ1) is 11.2. The topological polar surface area (TPSA) is 50.8 Å². The highest BCUT2D eigenvalue weighted by Crippen LogP contribution is 2.31. The van der Waals surface area contributed by atoms with E-state index < -0.39 is 0 Å². The lowest BCUT2D eigenvalue weighted by Gasteiger charge is -2.21. The zero-order chi connectivity index (χ0) is 16.7. The van der Waals surface area contributed by atoms with Crippen LogP contribution in [0.15, 0.2) is 24.3 Å². The molecule has 1 aromatic rings. The first-order valence-corrected chi connectivity index (χ1v) is 8.46. The van der Waals surface area contributed by atoms with Crippen molar-refractivity contribution in [2.45, 2.75) is 32.8 Å². The third-order valence-corrected chi connectivity index (χ3v) is 4.31. The number of methoxy groups -OCH3 is 1. The van der Waals surface area contributed by atoms with Crippen LogP contribution in [0.4, 0.5) is 5.69 Å². The summed E-state index contributed by atoms with van der Waals surface area (Å²) in [5, 5.41) is 3.04. The van der Waals surface area contributed by atoms with Gasteiger partial charge in [-0.25, -0.2) is 0 Å². The molecule has 23 heavy (non-hydrogen) atoms. The van der Waals surface area contributed by atoms with Crippen molar-refractivity contribution in [3.05, 3.63) is 24.3 Å². The molecule has 2 atom stereocenters. The third kappa shape index (κ3) is 4.61. The van der Waals surface area contributed by atoms with Crippen LogP contribution in [0.2, 0.25) is 0 Å². The highest BCUT2D eigenvalue weighted by atomic mass is 16.5. The van der Waals surface area contributed by atoms with E-state index in [1.807, 2.05) is 32.0 Å². The van der Waals surface area contributed by atoms with E-state index in [2.05, 4.69) is 16.3 Å². The van der Waals surface area contributed by atoms with E-state index >= 15 is 0 Å². The molecular formula is C18H28N2O3. The first kappa shape index (κ1) is 17.6. The number of rotatable bonds is 8. The van der Waals surface area contributed by atoms with E-state index in [0.29, 0.717) is 25.5 Å². The van der Waals surface area contributed by atoms with E-state index in [4.69, 9.17) is 9.47 Å². The number of para-hydroxylation sites is 2. The van der Waals surface area contributed by atoms with Gasteiger partial charge < -0.3 is 19.7 Å². The number of amides is 1. The average molecular weight is 320 g/mol. The Morgan fingerprint density at radius 2 is 2.17 bits per heavy atom. The number of carbonyl (C=O) groups excluding carboxylic acids is 1. The predicted octanol–water partition coefficient (Wildman–Crippen LogP) is 2.45. The van der Waals surface area contributed by atoms with Crippen molar-refractivity contribution >= 4 is 11.6 Å². The van der Waals surface area contributed by atoms with Gasteiger partial charge in [0.1, 0.15) is 11.9 Å². The molecule has 128 valence electrons. The molecule has 0 spiro atoms. The van der Waals surface area contributed by atoms with Gasteiger partial charge in [0.05, 0.1) is 12.8 Å². The van der Waals surface area contributed by atoms with Crippen LogP contribution >= 0.6 is 0 Å².